The van der Waals surface area contributed by atoms with Gasteiger partial charge in [0, 0.05) is 43.2 Å². The topological polar surface area (TPSA) is 104 Å². The van der Waals surface area contributed by atoms with Gasteiger partial charge in [-0.2, -0.15) is 0 Å². The minimum atomic E-state index is -1.24. The number of nitrogens with two attached hydrogens (primary N) is 1. The van der Waals surface area contributed by atoms with Crippen molar-refractivity contribution in [1.82, 2.24) is 24.3 Å². The molecule has 2 aromatic carbocycles. The summed E-state index contributed by atoms with van der Waals surface area (Å²) < 4.78 is 51.8. The van der Waals surface area contributed by atoms with Crippen LogP contribution in [0.4, 0.5) is 30.2 Å². The first-order valence-corrected chi connectivity index (χ1v) is 18.7. The van der Waals surface area contributed by atoms with E-state index in [1.165, 1.54) is 17.0 Å². The summed E-state index contributed by atoms with van der Waals surface area (Å²) in [5.41, 5.74) is 5.20. The fourth-order valence-electron chi connectivity index (χ4n) is 7.82. The maximum atomic E-state index is 17.9. The largest absolute Gasteiger partial charge is 0.397 e. The molecule has 0 spiro atoms. The van der Waals surface area contributed by atoms with E-state index in [2.05, 4.69) is 16.5 Å². The van der Waals surface area contributed by atoms with Crippen LogP contribution in [0, 0.1) is 17.5 Å². The fraction of sp³-hybridized carbons (Fsp3) is 0.436. The highest BCUT2D eigenvalue weighted by atomic mass is 35.5. The van der Waals surface area contributed by atoms with Crippen LogP contribution >= 0.6 is 23.2 Å². The van der Waals surface area contributed by atoms with Gasteiger partial charge in [0.25, 0.3) is 5.56 Å². The maximum Gasteiger partial charge on any atom is 0.281 e. The van der Waals surface area contributed by atoms with Gasteiger partial charge >= 0.3 is 0 Å². The van der Waals surface area contributed by atoms with E-state index in [-0.39, 0.29) is 70.2 Å². The van der Waals surface area contributed by atoms with Crippen LogP contribution in [0.2, 0.25) is 10.0 Å². The lowest BCUT2D eigenvalue weighted by Crippen LogP contribution is -2.64. The molecule has 54 heavy (non-hydrogen) atoms. The molecule has 288 valence electrons. The molecular formula is C39H45Cl2F3N8O2. The van der Waals surface area contributed by atoms with Crippen LogP contribution in [0.1, 0.15) is 64.3 Å². The summed E-state index contributed by atoms with van der Waals surface area (Å²) in [6.45, 7) is 15.2. The van der Waals surface area contributed by atoms with Crippen LogP contribution in [0.3, 0.4) is 0 Å². The van der Waals surface area contributed by atoms with Gasteiger partial charge in [0.05, 0.1) is 55.6 Å². The number of carbonyl (C=O) groups excluding carboxylic acids is 1. The Balaban J connectivity index is 1.81. The first kappa shape index (κ1) is 39.4. The number of nitrogens with zero attached hydrogens (tertiary/aromatic N) is 7. The number of aromatic nitrogens is 3. The van der Waals surface area contributed by atoms with E-state index in [4.69, 9.17) is 28.9 Å². The Morgan fingerprint density at radius 3 is 2.22 bits per heavy atom. The Kier molecular flexibility index (Phi) is 11.0. The monoisotopic (exact) mass is 784 g/mol. The molecular weight excluding hydrogens is 740 g/mol. The smallest absolute Gasteiger partial charge is 0.281 e. The standard InChI is InChI=1S/C39H45Cl2F3N8O2/c1-9-27(53)50-17-22-16-49(12-10-11-48(7)8)38-36(51(22)15-21(50)6)23-13-26(42)28(29-30(43)24(40)14-25(41)32(29)45)31(44)35(23)52(39(38)54)37-33(19(2)3)46-18-47-34(37)20(4)5/h9,13-14,18-22H,1,10-12,15-17,45H2,2-8H3. The van der Waals surface area contributed by atoms with Crippen molar-refractivity contribution in [2.45, 2.75) is 65.0 Å². The fourth-order valence-corrected chi connectivity index (χ4v) is 8.28. The van der Waals surface area contributed by atoms with Gasteiger partial charge in [0.1, 0.15) is 17.8 Å². The van der Waals surface area contributed by atoms with Crippen molar-refractivity contribution in [2.24, 2.45) is 0 Å². The first-order valence-electron chi connectivity index (χ1n) is 18.0. The lowest BCUT2D eigenvalue weighted by atomic mass is 9.94. The highest BCUT2D eigenvalue weighted by molar-refractivity contribution is 6.37. The molecule has 0 radical (unpaired) electrons. The number of pyridine rings is 1. The lowest BCUT2D eigenvalue weighted by molar-refractivity contribution is -0.128. The molecule has 10 nitrogen and oxygen atoms in total. The number of piperazine rings is 1. The molecule has 4 aromatic rings. The summed E-state index contributed by atoms with van der Waals surface area (Å²) in [5, 5.41) is -0.610. The quantitative estimate of drug-likeness (QED) is 0.107. The second-order valence-electron chi connectivity index (χ2n) is 15.0. The molecule has 4 heterocycles. The minimum Gasteiger partial charge on any atom is -0.397 e. The number of halogens is 5. The van der Waals surface area contributed by atoms with E-state index < -0.39 is 44.8 Å². The molecule has 2 unspecified atom stereocenters. The van der Waals surface area contributed by atoms with Crippen LogP contribution in [0.15, 0.2) is 35.9 Å². The van der Waals surface area contributed by atoms with Crippen LogP contribution in [0.5, 0.6) is 0 Å². The van der Waals surface area contributed by atoms with E-state index in [9.17, 15) is 4.79 Å². The van der Waals surface area contributed by atoms with Gasteiger partial charge < -0.3 is 25.3 Å². The van der Waals surface area contributed by atoms with E-state index in [0.29, 0.717) is 43.1 Å². The van der Waals surface area contributed by atoms with Gasteiger partial charge in [-0.3, -0.25) is 14.2 Å². The molecule has 1 amide bonds. The third kappa shape index (κ3) is 6.57. The van der Waals surface area contributed by atoms with Gasteiger partial charge in [0.2, 0.25) is 5.91 Å². The number of rotatable bonds is 9. The zero-order valence-corrected chi connectivity index (χ0v) is 33.0. The predicted molar refractivity (Wildman–Crippen MR) is 211 cm³/mol. The molecule has 2 atom stereocenters. The predicted octanol–water partition coefficient (Wildman–Crippen LogP) is 7.36. The van der Waals surface area contributed by atoms with E-state index >= 15 is 18.0 Å². The lowest BCUT2D eigenvalue weighted by Gasteiger charge is -2.52. The Labute approximate surface area is 322 Å². The van der Waals surface area contributed by atoms with Crippen molar-refractivity contribution >= 4 is 57.1 Å². The summed E-state index contributed by atoms with van der Waals surface area (Å²) >= 11 is 12.4. The number of hydrogen-bond acceptors (Lipinski definition) is 8. The number of fused-ring (bicyclic) bond motifs is 5. The average molecular weight is 786 g/mol. The van der Waals surface area contributed by atoms with Gasteiger partial charge in [-0.25, -0.2) is 23.1 Å². The zero-order valence-electron chi connectivity index (χ0n) is 31.5. The minimum absolute atomic E-state index is 0.0710. The third-order valence-corrected chi connectivity index (χ3v) is 10.9. The number of anilines is 3. The van der Waals surface area contributed by atoms with E-state index in [1.54, 1.807) is 4.90 Å². The third-order valence-electron chi connectivity index (χ3n) is 10.3. The van der Waals surface area contributed by atoms with Crippen molar-refractivity contribution in [3.05, 3.63) is 80.4 Å². The number of carbonyl (C=O) groups is 1. The van der Waals surface area contributed by atoms with Crippen molar-refractivity contribution in [1.29, 1.82) is 0 Å². The SMILES string of the molecule is C=CC(=O)N1CC2CN(CCCN(C)C)c3c(c4cc(F)c(-c5c(N)c(Cl)cc(Cl)c5F)c(F)c4n(-c4c(C(C)C)ncnc4C(C)C)c3=O)N2CC1C. The second-order valence-corrected chi connectivity index (χ2v) is 15.8. The molecule has 1 saturated heterocycles. The van der Waals surface area contributed by atoms with Gasteiger partial charge in [-0.1, -0.05) is 57.5 Å². The molecule has 2 aromatic heterocycles. The summed E-state index contributed by atoms with van der Waals surface area (Å²) in [6, 6.07) is 1.50. The summed E-state index contributed by atoms with van der Waals surface area (Å²) in [7, 11) is 3.91. The molecule has 2 N–H and O–H groups in total. The Bertz CT molecular complexity index is 2170. The van der Waals surface area contributed by atoms with Crippen LogP contribution in [-0.4, -0.2) is 89.1 Å². The highest BCUT2D eigenvalue weighted by Gasteiger charge is 2.43. The summed E-state index contributed by atoms with van der Waals surface area (Å²) in [4.78, 5) is 45.4. The number of amides is 1. The second kappa shape index (κ2) is 15.1. The molecule has 1 fully saturated rings. The van der Waals surface area contributed by atoms with E-state index in [0.717, 1.165) is 12.1 Å². The van der Waals surface area contributed by atoms with Crippen molar-refractivity contribution in [2.75, 3.05) is 62.4 Å². The first-order chi connectivity index (χ1) is 25.5. The molecule has 0 aliphatic carbocycles. The van der Waals surface area contributed by atoms with Crippen molar-refractivity contribution in [3.8, 4) is 16.8 Å². The normalized spacial score (nSPS) is 17.2. The van der Waals surface area contributed by atoms with Gasteiger partial charge in [-0.15, -0.1) is 0 Å². The number of benzene rings is 2. The molecule has 0 saturated carbocycles. The number of nitrogen functional groups attached to an aromatic ring is 1. The maximum absolute atomic E-state index is 17.9. The van der Waals surface area contributed by atoms with Crippen LogP contribution in [-0.2, 0) is 4.79 Å². The van der Waals surface area contributed by atoms with Crippen molar-refractivity contribution < 1.29 is 18.0 Å². The summed E-state index contributed by atoms with van der Waals surface area (Å²) in [5.74, 6) is -4.28. The summed E-state index contributed by atoms with van der Waals surface area (Å²) in [6.07, 6.45) is 3.35. The molecule has 2 aliphatic heterocycles. The molecule has 2 aliphatic rings. The highest BCUT2D eigenvalue weighted by Crippen LogP contribution is 2.47. The Morgan fingerprint density at radius 2 is 1.63 bits per heavy atom. The van der Waals surface area contributed by atoms with Crippen LogP contribution < -0.4 is 21.1 Å². The Morgan fingerprint density at radius 1 is 0.981 bits per heavy atom. The number of hydrogen-bond donors (Lipinski definition) is 1. The van der Waals surface area contributed by atoms with Crippen LogP contribution in [0.25, 0.3) is 27.7 Å². The average Bonchev–Trinajstić information content (AvgIpc) is 3.11. The molecule has 0 bridgehead atoms. The Hall–Kier alpha value is -4.33. The zero-order chi connectivity index (χ0) is 39.5. The molecule has 15 heteroatoms. The van der Waals surface area contributed by atoms with Crippen molar-refractivity contribution in [3.63, 3.8) is 0 Å². The van der Waals surface area contributed by atoms with Gasteiger partial charge in [0.15, 0.2) is 11.6 Å². The molecule has 6 rings (SSSR count). The van der Waals surface area contributed by atoms with Gasteiger partial charge in [-0.05, 0) is 64.0 Å². The van der Waals surface area contributed by atoms with E-state index in [1.807, 2.05) is 63.4 Å².